The normalized spacial score (nSPS) is 18.2. The molecule has 2 amide bonds. The van der Waals surface area contributed by atoms with Gasteiger partial charge >= 0.3 is 18.2 Å². The molecule has 0 radical (unpaired) electrons. The third kappa shape index (κ3) is 5.66. The van der Waals surface area contributed by atoms with Crippen molar-refractivity contribution in [3.8, 4) is 0 Å². The summed E-state index contributed by atoms with van der Waals surface area (Å²) in [4.78, 5) is 38.7. The molecule has 0 bridgehead atoms. The van der Waals surface area contributed by atoms with Gasteiger partial charge in [-0.25, -0.2) is 9.69 Å². The van der Waals surface area contributed by atoms with Crippen LogP contribution >= 0.6 is 0 Å². The van der Waals surface area contributed by atoms with Crippen LogP contribution in [0, 0.1) is 5.92 Å². The largest absolute Gasteiger partial charge is 0.481 e. The predicted octanol–water partition coefficient (Wildman–Crippen LogP) is 4.40. The molecule has 3 atom stereocenters. The molecule has 1 heterocycles. The number of nitrogens with zero attached hydrogens (tertiary/aromatic N) is 1. The van der Waals surface area contributed by atoms with Gasteiger partial charge in [0.1, 0.15) is 6.61 Å². The minimum Gasteiger partial charge on any atom is -0.481 e. The molecule has 1 saturated heterocycles. The maximum Gasteiger partial charge on any atom is 0.417 e. The minimum absolute atomic E-state index is 0.0821. The van der Waals surface area contributed by atoms with Crippen LogP contribution in [0.3, 0.4) is 0 Å². The summed E-state index contributed by atoms with van der Waals surface area (Å²) >= 11 is 0. The first-order valence-electron chi connectivity index (χ1n) is 10.1. The smallest absolute Gasteiger partial charge is 0.417 e. The lowest BCUT2D eigenvalue weighted by molar-refractivity contribution is -0.153. The number of carbonyl (C=O) groups excluding carboxylic acids is 2. The molecule has 9 heteroatoms. The molecule has 1 aliphatic heterocycles. The van der Waals surface area contributed by atoms with Crippen molar-refractivity contribution in [3.05, 3.63) is 71.8 Å². The summed E-state index contributed by atoms with van der Waals surface area (Å²) in [6.07, 6.45) is -7.40. The van der Waals surface area contributed by atoms with Crippen molar-refractivity contribution in [2.45, 2.75) is 37.4 Å². The van der Waals surface area contributed by atoms with Crippen LogP contribution in [-0.2, 0) is 20.7 Å². The van der Waals surface area contributed by atoms with E-state index in [1.165, 1.54) is 12.1 Å². The summed E-state index contributed by atoms with van der Waals surface area (Å²) in [5.41, 5.74) is 1.06. The molecule has 2 aromatic rings. The van der Waals surface area contributed by atoms with Crippen molar-refractivity contribution >= 4 is 18.0 Å². The highest BCUT2D eigenvalue weighted by Gasteiger charge is 2.46. The quantitative estimate of drug-likeness (QED) is 0.646. The lowest BCUT2D eigenvalue weighted by Gasteiger charge is -2.29. The molecule has 3 rings (SSSR count). The molecule has 6 nitrogen and oxygen atoms in total. The van der Waals surface area contributed by atoms with Crippen molar-refractivity contribution in [1.29, 1.82) is 0 Å². The maximum absolute atomic E-state index is 13.5. The number of hydrogen-bond acceptors (Lipinski definition) is 4. The Hall–Kier alpha value is -3.36. The van der Waals surface area contributed by atoms with E-state index in [0.29, 0.717) is 0 Å². The third-order valence-electron chi connectivity index (χ3n) is 5.40. The molecule has 170 valence electrons. The number of alkyl halides is 3. The average Bonchev–Trinajstić information content (AvgIpc) is 3.11. The van der Waals surface area contributed by atoms with Gasteiger partial charge in [-0.2, -0.15) is 13.2 Å². The first-order chi connectivity index (χ1) is 15.2. The van der Waals surface area contributed by atoms with Gasteiger partial charge in [-0.1, -0.05) is 60.7 Å². The number of rotatable bonds is 8. The van der Waals surface area contributed by atoms with Gasteiger partial charge < -0.3 is 9.84 Å². The van der Waals surface area contributed by atoms with E-state index in [1.54, 1.807) is 30.3 Å². The first kappa shape index (κ1) is 23.3. The standard InChI is InChI=1S/C23H22F3NO5/c24-23(25,26)12-11-18(21(29)30)19(16-9-5-2-6-10-16)20(28)27-17(14-32-22(27)31)13-15-7-3-1-4-8-15/h1-10,17-19H,11-14H2,(H,29,30)/t17-,18-,19+/m1/s1. The summed E-state index contributed by atoms with van der Waals surface area (Å²) in [5.74, 6) is -5.56. The lowest BCUT2D eigenvalue weighted by Crippen LogP contribution is -2.45. The predicted molar refractivity (Wildman–Crippen MR) is 108 cm³/mol. The second kappa shape index (κ2) is 9.84. The Morgan fingerprint density at radius 1 is 1.06 bits per heavy atom. The summed E-state index contributed by atoms with van der Waals surface area (Å²) < 4.78 is 43.6. The van der Waals surface area contributed by atoms with E-state index in [-0.39, 0.29) is 18.6 Å². The summed E-state index contributed by atoms with van der Waals surface area (Å²) in [6, 6.07) is 16.0. The number of aliphatic carboxylic acids is 1. The van der Waals surface area contributed by atoms with Crippen LogP contribution in [0.25, 0.3) is 0 Å². The maximum atomic E-state index is 13.5. The zero-order valence-corrected chi connectivity index (χ0v) is 17.0. The number of benzene rings is 2. The van der Waals surface area contributed by atoms with Crippen molar-refractivity contribution in [3.63, 3.8) is 0 Å². The summed E-state index contributed by atoms with van der Waals surface area (Å²) in [6.45, 7) is -0.0821. The second-order valence-corrected chi connectivity index (χ2v) is 7.62. The Labute approximate surface area is 182 Å². The molecule has 1 fully saturated rings. The Morgan fingerprint density at radius 3 is 2.22 bits per heavy atom. The number of hydrogen-bond donors (Lipinski definition) is 1. The van der Waals surface area contributed by atoms with E-state index in [9.17, 15) is 32.7 Å². The van der Waals surface area contributed by atoms with Gasteiger partial charge in [0.25, 0.3) is 0 Å². The van der Waals surface area contributed by atoms with Crippen molar-refractivity contribution in [1.82, 2.24) is 4.90 Å². The van der Waals surface area contributed by atoms with E-state index in [1.807, 2.05) is 18.2 Å². The van der Waals surface area contributed by atoms with Crippen LogP contribution in [0.4, 0.5) is 18.0 Å². The number of amides is 2. The fourth-order valence-corrected chi connectivity index (χ4v) is 3.88. The third-order valence-corrected chi connectivity index (χ3v) is 5.40. The Balaban J connectivity index is 1.94. The molecule has 2 aromatic carbocycles. The zero-order valence-electron chi connectivity index (χ0n) is 17.0. The van der Waals surface area contributed by atoms with Crippen LogP contribution in [0.15, 0.2) is 60.7 Å². The van der Waals surface area contributed by atoms with Gasteiger partial charge in [0.15, 0.2) is 0 Å². The number of cyclic esters (lactones) is 1. The number of carboxylic acids is 1. The van der Waals surface area contributed by atoms with Gasteiger partial charge in [0.2, 0.25) is 5.91 Å². The van der Waals surface area contributed by atoms with Crippen LogP contribution in [0.5, 0.6) is 0 Å². The van der Waals surface area contributed by atoms with Crippen LogP contribution in [0.1, 0.15) is 29.9 Å². The van der Waals surface area contributed by atoms with Crippen LogP contribution in [0.2, 0.25) is 0 Å². The monoisotopic (exact) mass is 449 g/mol. The van der Waals surface area contributed by atoms with Gasteiger partial charge in [0, 0.05) is 6.42 Å². The number of ether oxygens (including phenoxy) is 1. The lowest BCUT2D eigenvalue weighted by atomic mass is 9.81. The van der Waals surface area contributed by atoms with E-state index in [0.717, 1.165) is 10.5 Å². The fourth-order valence-electron chi connectivity index (χ4n) is 3.88. The molecule has 1 aliphatic rings. The van der Waals surface area contributed by atoms with Crippen molar-refractivity contribution in [2.75, 3.05) is 6.61 Å². The van der Waals surface area contributed by atoms with Crippen molar-refractivity contribution < 1.29 is 37.4 Å². The highest BCUT2D eigenvalue weighted by atomic mass is 19.4. The van der Waals surface area contributed by atoms with Gasteiger partial charge in [-0.3, -0.25) is 9.59 Å². The Bertz CT molecular complexity index is 949. The van der Waals surface area contributed by atoms with Gasteiger partial charge in [0.05, 0.1) is 17.9 Å². The van der Waals surface area contributed by atoms with E-state index >= 15 is 0 Å². The SMILES string of the molecule is O=C(O)[C@H](CCC(F)(F)F)[C@@H](C(=O)N1C(=O)OC[C@H]1Cc1ccccc1)c1ccccc1. The Kier molecular flexibility index (Phi) is 7.17. The average molecular weight is 449 g/mol. The number of halogens is 3. The fraction of sp³-hybridized carbons (Fsp3) is 0.348. The topological polar surface area (TPSA) is 83.9 Å². The molecule has 0 unspecified atom stereocenters. The highest BCUT2D eigenvalue weighted by Crippen LogP contribution is 2.35. The van der Waals surface area contributed by atoms with Crippen LogP contribution < -0.4 is 0 Å². The highest BCUT2D eigenvalue weighted by molar-refractivity contribution is 5.99. The molecule has 32 heavy (non-hydrogen) atoms. The second-order valence-electron chi connectivity index (χ2n) is 7.62. The summed E-state index contributed by atoms with van der Waals surface area (Å²) in [7, 11) is 0. The molecular formula is C23H22F3NO5. The van der Waals surface area contributed by atoms with E-state index in [4.69, 9.17) is 4.74 Å². The molecule has 1 N–H and O–H groups in total. The molecule has 0 aromatic heterocycles. The van der Waals surface area contributed by atoms with Gasteiger partial charge in [-0.15, -0.1) is 0 Å². The van der Waals surface area contributed by atoms with Gasteiger partial charge in [-0.05, 0) is 24.0 Å². The zero-order chi connectivity index (χ0) is 23.3. The molecular weight excluding hydrogens is 427 g/mol. The molecule has 0 saturated carbocycles. The van der Waals surface area contributed by atoms with Crippen molar-refractivity contribution in [2.24, 2.45) is 5.92 Å². The summed E-state index contributed by atoms with van der Waals surface area (Å²) in [5, 5.41) is 9.71. The first-order valence-corrected chi connectivity index (χ1v) is 10.1. The van der Waals surface area contributed by atoms with Crippen LogP contribution in [-0.4, -0.2) is 46.8 Å². The number of imide groups is 1. The van der Waals surface area contributed by atoms with E-state index in [2.05, 4.69) is 0 Å². The molecule has 0 spiro atoms. The number of carboxylic acid groups (broad SMARTS) is 1. The Morgan fingerprint density at radius 2 is 1.66 bits per heavy atom. The minimum atomic E-state index is -4.58. The van der Waals surface area contributed by atoms with E-state index < -0.39 is 54.9 Å². The molecule has 0 aliphatic carbocycles. The number of carbonyl (C=O) groups is 3.